The number of carboxylic acids is 1. The molecule has 2 aromatic heterocycles. The van der Waals surface area contributed by atoms with Crippen molar-refractivity contribution in [1.82, 2.24) is 9.55 Å². The first kappa shape index (κ1) is 22.5. The van der Waals surface area contributed by atoms with E-state index in [1.807, 2.05) is 6.92 Å². The number of piperidine rings is 1. The number of pyridine rings is 2. The molecule has 0 spiro atoms. The number of aromatic carboxylic acids is 1. The number of aromatic nitrogens is 2. The fourth-order valence-electron chi connectivity index (χ4n) is 3.99. The highest BCUT2D eigenvalue weighted by Crippen LogP contribution is 2.28. The molecule has 1 fully saturated rings. The lowest BCUT2D eigenvalue weighted by Gasteiger charge is -2.31. The molecule has 3 heterocycles. The number of halogens is 3. The molecule has 3 N–H and O–H groups in total. The molecule has 4 rings (SSSR count). The van der Waals surface area contributed by atoms with E-state index in [4.69, 9.17) is 5.73 Å². The lowest BCUT2D eigenvalue weighted by molar-refractivity contribution is 0.0695. The third kappa shape index (κ3) is 4.09. The quantitative estimate of drug-likeness (QED) is 0.582. The zero-order valence-electron chi connectivity index (χ0n) is 17.7. The van der Waals surface area contributed by atoms with E-state index in [0.717, 1.165) is 53.0 Å². The summed E-state index contributed by atoms with van der Waals surface area (Å²) in [7, 11) is 0. The summed E-state index contributed by atoms with van der Waals surface area (Å²) in [6.45, 7) is 3.17. The molecule has 0 bridgehead atoms. The molecule has 0 saturated carbocycles. The molecule has 0 radical (unpaired) electrons. The van der Waals surface area contributed by atoms with Gasteiger partial charge in [-0.2, -0.15) is 0 Å². The van der Waals surface area contributed by atoms with Crippen LogP contribution < -0.4 is 16.1 Å². The minimum absolute atomic E-state index is 0.0525. The number of fused-ring (bicyclic) bond motifs is 1. The summed E-state index contributed by atoms with van der Waals surface area (Å²) in [6, 6.07) is 3.63. The van der Waals surface area contributed by atoms with Crippen LogP contribution in [-0.4, -0.2) is 40.3 Å². The van der Waals surface area contributed by atoms with Gasteiger partial charge in [0.15, 0.2) is 17.3 Å². The van der Waals surface area contributed by atoms with Crippen molar-refractivity contribution in [3.8, 4) is 5.69 Å². The van der Waals surface area contributed by atoms with E-state index < -0.39 is 34.4 Å². The van der Waals surface area contributed by atoms with E-state index in [1.54, 1.807) is 4.90 Å². The Labute approximate surface area is 186 Å². The SMILES string of the molecule is C/C(CN)=C1/CCCN(c2nc3c(cc2F)c(=O)c(C(=O)O)cn3-c2ccc(F)cc2F)C1. The molecule has 3 aromatic rings. The highest BCUT2D eigenvalue weighted by molar-refractivity contribution is 5.92. The van der Waals surface area contributed by atoms with Crippen LogP contribution in [0, 0.1) is 17.5 Å². The topological polar surface area (TPSA) is 101 Å². The van der Waals surface area contributed by atoms with Crippen molar-refractivity contribution in [2.45, 2.75) is 19.8 Å². The second-order valence-corrected chi connectivity index (χ2v) is 7.92. The Morgan fingerprint density at radius 2 is 1.97 bits per heavy atom. The van der Waals surface area contributed by atoms with Crippen LogP contribution in [0.15, 0.2) is 46.4 Å². The number of hydrogen-bond acceptors (Lipinski definition) is 5. The van der Waals surface area contributed by atoms with E-state index in [0.29, 0.717) is 25.7 Å². The molecule has 1 saturated heterocycles. The van der Waals surface area contributed by atoms with Crippen molar-refractivity contribution >= 4 is 22.8 Å². The maximum atomic E-state index is 15.1. The lowest BCUT2D eigenvalue weighted by atomic mass is 9.99. The Morgan fingerprint density at radius 1 is 1.21 bits per heavy atom. The number of anilines is 1. The molecule has 7 nitrogen and oxygen atoms in total. The monoisotopic (exact) mass is 458 g/mol. The van der Waals surface area contributed by atoms with Gasteiger partial charge < -0.3 is 15.7 Å². The highest BCUT2D eigenvalue weighted by atomic mass is 19.1. The van der Waals surface area contributed by atoms with Gasteiger partial charge in [-0.05, 0) is 38.0 Å². The lowest BCUT2D eigenvalue weighted by Crippen LogP contribution is -2.34. The Balaban J connectivity index is 1.98. The number of carbonyl (C=O) groups is 1. The molecule has 33 heavy (non-hydrogen) atoms. The summed E-state index contributed by atoms with van der Waals surface area (Å²) in [5, 5.41) is 9.11. The Morgan fingerprint density at radius 3 is 2.64 bits per heavy atom. The molecule has 1 aliphatic heterocycles. The molecule has 0 amide bonds. The largest absolute Gasteiger partial charge is 0.477 e. The number of rotatable bonds is 4. The van der Waals surface area contributed by atoms with Gasteiger partial charge in [-0.25, -0.2) is 22.9 Å². The molecular formula is C23H21F3N4O3. The highest BCUT2D eigenvalue weighted by Gasteiger charge is 2.24. The van der Waals surface area contributed by atoms with Gasteiger partial charge in [0, 0.05) is 31.9 Å². The molecular weight excluding hydrogens is 437 g/mol. The van der Waals surface area contributed by atoms with Crippen LogP contribution in [0.1, 0.15) is 30.1 Å². The molecule has 0 unspecified atom stereocenters. The standard InChI is InChI=1S/C23H21F3N4O3/c1-12(9-27)13-3-2-6-29(10-13)22-18(26)8-15-20(31)16(23(32)33)11-30(21(15)28-22)19-5-4-14(24)7-17(19)25/h4-5,7-8,11H,2-3,6,9-10,27H2,1H3,(H,32,33)/b13-12+. The zero-order chi connectivity index (χ0) is 23.9. The van der Waals surface area contributed by atoms with Crippen molar-refractivity contribution in [2.24, 2.45) is 5.73 Å². The minimum atomic E-state index is -1.56. The number of carboxylic acid groups (broad SMARTS) is 1. The Bertz CT molecular complexity index is 1370. The maximum absolute atomic E-state index is 15.1. The van der Waals surface area contributed by atoms with Crippen molar-refractivity contribution in [3.63, 3.8) is 0 Å². The van der Waals surface area contributed by atoms with Crippen LogP contribution in [-0.2, 0) is 0 Å². The molecule has 1 aliphatic rings. The smallest absolute Gasteiger partial charge is 0.341 e. The van der Waals surface area contributed by atoms with E-state index in [-0.39, 0.29) is 22.5 Å². The summed E-state index contributed by atoms with van der Waals surface area (Å²) < 4.78 is 44.2. The van der Waals surface area contributed by atoms with Gasteiger partial charge in [-0.3, -0.25) is 9.36 Å². The van der Waals surface area contributed by atoms with Crippen LogP contribution in [0.5, 0.6) is 0 Å². The minimum Gasteiger partial charge on any atom is -0.477 e. The fourth-order valence-corrected chi connectivity index (χ4v) is 3.99. The van der Waals surface area contributed by atoms with E-state index in [1.165, 1.54) is 0 Å². The summed E-state index contributed by atoms with van der Waals surface area (Å²) in [5.41, 5.74) is 5.79. The van der Waals surface area contributed by atoms with Crippen LogP contribution in [0.3, 0.4) is 0 Å². The van der Waals surface area contributed by atoms with Crippen molar-refractivity contribution in [2.75, 3.05) is 24.5 Å². The van der Waals surface area contributed by atoms with Gasteiger partial charge in [0.1, 0.15) is 17.2 Å². The van der Waals surface area contributed by atoms with E-state index in [2.05, 4.69) is 4.98 Å². The van der Waals surface area contributed by atoms with Gasteiger partial charge in [-0.1, -0.05) is 11.1 Å². The van der Waals surface area contributed by atoms with E-state index >= 15 is 4.39 Å². The van der Waals surface area contributed by atoms with Gasteiger partial charge in [-0.15, -0.1) is 0 Å². The van der Waals surface area contributed by atoms with Crippen molar-refractivity contribution in [3.05, 3.63) is 74.8 Å². The Kier molecular flexibility index (Phi) is 5.94. The summed E-state index contributed by atoms with van der Waals surface area (Å²) >= 11 is 0. The molecule has 0 aliphatic carbocycles. The second kappa shape index (κ2) is 8.70. The second-order valence-electron chi connectivity index (χ2n) is 7.92. The summed E-state index contributed by atoms with van der Waals surface area (Å²) in [5.74, 6) is -4.25. The molecule has 10 heteroatoms. The number of nitrogens with zero attached hydrogens (tertiary/aromatic N) is 3. The third-order valence-electron chi connectivity index (χ3n) is 5.81. The predicted octanol–water partition coefficient (Wildman–Crippen LogP) is 3.38. The maximum Gasteiger partial charge on any atom is 0.341 e. The number of nitrogens with two attached hydrogens (primary N) is 1. The summed E-state index contributed by atoms with van der Waals surface area (Å²) in [4.78, 5) is 30.4. The first-order valence-electron chi connectivity index (χ1n) is 10.3. The molecule has 0 atom stereocenters. The normalized spacial score (nSPS) is 15.7. The summed E-state index contributed by atoms with van der Waals surface area (Å²) in [6.07, 6.45) is 2.48. The Hall–Kier alpha value is -3.66. The third-order valence-corrected chi connectivity index (χ3v) is 5.81. The first-order chi connectivity index (χ1) is 15.7. The van der Waals surface area contributed by atoms with Gasteiger partial charge in [0.2, 0.25) is 5.43 Å². The van der Waals surface area contributed by atoms with Crippen molar-refractivity contribution in [1.29, 1.82) is 0 Å². The average Bonchev–Trinajstić information content (AvgIpc) is 2.79. The van der Waals surface area contributed by atoms with Gasteiger partial charge >= 0.3 is 5.97 Å². The van der Waals surface area contributed by atoms with E-state index in [9.17, 15) is 23.5 Å². The van der Waals surface area contributed by atoms with Crippen LogP contribution in [0.25, 0.3) is 16.7 Å². The van der Waals surface area contributed by atoms with Gasteiger partial charge in [0.25, 0.3) is 0 Å². The molecule has 1 aromatic carbocycles. The number of benzene rings is 1. The zero-order valence-corrected chi connectivity index (χ0v) is 17.7. The first-order valence-corrected chi connectivity index (χ1v) is 10.3. The van der Waals surface area contributed by atoms with Gasteiger partial charge in [0.05, 0.1) is 11.1 Å². The molecule has 172 valence electrons. The average molecular weight is 458 g/mol. The predicted molar refractivity (Wildman–Crippen MR) is 117 cm³/mol. The van der Waals surface area contributed by atoms with Crippen LogP contribution in [0.4, 0.5) is 19.0 Å². The fraction of sp³-hybridized carbons (Fsp3) is 0.261. The van der Waals surface area contributed by atoms with Crippen LogP contribution in [0.2, 0.25) is 0 Å². The van der Waals surface area contributed by atoms with Crippen LogP contribution >= 0.6 is 0 Å². The van der Waals surface area contributed by atoms with Crippen molar-refractivity contribution < 1.29 is 23.1 Å². The number of hydrogen-bond donors (Lipinski definition) is 2.